The molecule has 5 nitrogen and oxygen atoms in total. The topological polar surface area (TPSA) is 64.4 Å². The van der Waals surface area contributed by atoms with Crippen molar-refractivity contribution in [3.63, 3.8) is 0 Å². The summed E-state index contributed by atoms with van der Waals surface area (Å²) in [7, 11) is 0. The fourth-order valence-corrected chi connectivity index (χ4v) is 3.23. The van der Waals surface area contributed by atoms with Crippen LogP contribution < -0.4 is 5.32 Å². The summed E-state index contributed by atoms with van der Waals surface area (Å²) in [5.74, 6) is 0.617. The van der Waals surface area contributed by atoms with E-state index in [0.29, 0.717) is 12.0 Å². The van der Waals surface area contributed by atoms with Crippen LogP contribution in [0.3, 0.4) is 0 Å². The molecule has 2 aliphatic rings. The van der Waals surface area contributed by atoms with E-state index >= 15 is 0 Å². The summed E-state index contributed by atoms with van der Waals surface area (Å²) in [6.45, 7) is 0.791. The van der Waals surface area contributed by atoms with E-state index in [1.54, 1.807) is 24.3 Å². The van der Waals surface area contributed by atoms with Gasteiger partial charge in [-0.15, -0.1) is 0 Å². The zero-order valence-corrected chi connectivity index (χ0v) is 11.5. The van der Waals surface area contributed by atoms with Crippen LogP contribution in [-0.4, -0.2) is 17.6 Å². The van der Waals surface area contributed by atoms with E-state index in [4.69, 9.17) is 4.74 Å². The molecule has 0 bridgehead atoms. The van der Waals surface area contributed by atoms with Gasteiger partial charge in [-0.1, -0.05) is 19.3 Å². The predicted octanol–water partition coefficient (Wildman–Crippen LogP) is 3.16. The van der Waals surface area contributed by atoms with Crippen LogP contribution in [0.5, 0.6) is 0 Å². The van der Waals surface area contributed by atoms with Gasteiger partial charge in [0.15, 0.2) is 0 Å². The van der Waals surface area contributed by atoms with Crippen molar-refractivity contribution < 1.29 is 9.66 Å². The molecule has 3 unspecified atom stereocenters. The molecule has 1 aromatic rings. The summed E-state index contributed by atoms with van der Waals surface area (Å²) >= 11 is 0. The van der Waals surface area contributed by atoms with Gasteiger partial charge in [-0.2, -0.15) is 0 Å². The van der Waals surface area contributed by atoms with Crippen molar-refractivity contribution in [2.75, 3.05) is 6.61 Å². The second kappa shape index (κ2) is 5.89. The average Bonchev–Trinajstić information content (AvgIpc) is 2.71. The second-order valence-corrected chi connectivity index (χ2v) is 5.73. The van der Waals surface area contributed by atoms with Crippen LogP contribution in [0.25, 0.3) is 0 Å². The maximum absolute atomic E-state index is 10.7. The molecule has 0 aromatic heterocycles. The normalized spacial score (nSPS) is 30.3. The molecule has 1 aromatic carbocycles. The lowest BCUT2D eigenvalue weighted by molar-refractivity contribution is -0.384. The zero-order chi connectivity index (χ0) is 13.9. The van der Waals surface area contributed by atoms with Gasteiger partial charge in [0.1, 0.15) is 6.23 Å². The van der Waals surface area contributed by atoms with Gasteiger partial charge in [0.05, 0.1) is 11.5 Å². The minimum Gasteiger partial charge on any atom is -0.359 e. The van der Waals surface area contributed by atoms with Gasteiger partial charge in [0, 0.05) is 18.2 Å². The molecule has 3 rings (SSSR count). The summed E-state index contributed by atoms with van der Waals surface area (Å²) in [6, 6.07) is 7.17. The fraction of sp³-hybridized carbons (Fsp3) is 0.600. The number of ether oxygens (including phenoxy) is 1. The quantitative estimate of drug-likeness (QED) is 0.665. The molecule has 1 heterocycles. The number of non-ortho nitro benzene ring substituents is 1. The number of nitro benzene ring substituents is 1. The molecule has 1 saturated heterocycles. The molecule has 20 heavy (non-hydrogen) atoms. The van der Waals surface area contributed by atoms with Gasteiger partial charge in [-0.25, -0.2) is 0 Å². The highest BCUT2D eigenvalue weighted by molar-refractivity contribution is 5.33. The molecule has 108 valence electrons. The summed E-state index contributed by atoms with van der Waals surface area (Å²) < 4.78 is 5.91. The van der Waals surface area contributed by atoms with Crippen LogP contribution in [0.4, 0.5) is 5.69 Å². The third-order valence-corrected chi connectivity index (χ3v) is 4.41. The maximum Gasteiger partial charge on any atom is 0.269 e. The number of hydrogen-bond acceptors (Lipinski definition) is 4. The van der Waals surface area contributed by atoms with E-state index < -0.39 is 0 Å². The molecule has 5 heteroatoms. The van der Waals surface area contributed by atoms with Gasteiger partial charge in [0.2, 0.25) is 0 Å². The maximum atomic E-state index is 10.7. The number of fused-ring (bicyclic) bond motifs is 1. The van der Waals surface area contributed by atoms with E-state index in [9.17, 15) is 10.1 Å². The van der Waals surface area contributed by atoms with E-state index in [-0.39, 0.29) is 16.8 Å². The number of nitrogens with zero attached hydrogens (tertiary/aromatic N) is 1. The van der Waals surface area contributed by atoms with Crippen LogP contribution in [-0.2, 0) is 4.74 Å². The molecule has 1 aliphatic carbocycles. The molecule has 1 aliphatic heterocycles. The van der Waals surface area contributed by atoms with Crippen molar-refractivity contribution in [2.24, 2.45) is 5.92 Å². The Morgan fingerprint density at radius 1 is 1.15 bits per heavy atom. The Morgan fingerprint density at radius 2 is 1.90 bits per heavy atom. The molecule has 2 fully saturated rings. The summed E-state index contributed by atoms with van der Waals surface area (Å²) in [5, 5.41) is 14.2. The molecular formula is C15H20N2O3. The Hall–Kier alpha value is -1.46. The molecule has 0 amide bonds. The lowest BCUT2D eigenvalue weighted by atomic mass is 9.93. The fourth-order valence-electron chi connectivity index (χ4n) is 3.23. The van der Waals surface area contributed by atoms with Crippen molar-refractivity contribution in [3.05, 3.63) is 39.9 Å². The summed E-state index contributed by atoms with van der Waals surface area (Å²) in [6.07, 6.45) is 6.21. The second-order valence-electron chi connectivity index (χ2n) is 5.73. The highest BCUT2D eigenvalue weighted by Gasteiger charge is 2.31. The largest absolute Gasteiger partial charge is 0.359 e. The zero-order valence-electron chi connectivity index (χ0n) is 11.5. The third kappa shape index (κ3) is 2.83. The van der Waals surface area contributed by atoms with Crippen molar-refractivity contribution in [1.29, 1.82) is 0 Å². The van der Waals surface area contributed by atoms with Crippen LogP contribution >= 0.6 is 0 Å². The Kier molecular flexibility index (Phi) is 3.98. The first-order valence-electron chi connectivity index (χ1n) is 7.36. The highest BCUT2D eigenvalue weighted by atomic mass is 16.6. The smallest absolute Gasteiger partial charge is 0.269 e. The molecule has 3 atom stereocenters. The van der Waals surface area contributed by atoms with Crippen LogP contribution in [0.1, 0.15) is 43.9 Å². The van der Waals surface area contributed by atoms with Gasteiger partial charge >= 0.3 is 0 Å². The average molecular weight is 276 g/mol. The number of hydrogen-bond donors (Lipinski definition) is 1. The SMILES string of the molecule is O=[N+]([O-])c1ccc(C2NC3CCCCCC3CO2)cc1. The van der Waals surface area contributed by atoms with Gasteiger partial charge in [0.25, 0.3) is 5.69 Å². The lowest BCUT2D eigenvalue weighted by Crippen LogP contribution is -2.46. The van der Waals surface area contributed by atoms with Crippen molar-refractivity contribution in [2.45, 2.75) is 44.4 Å². The van der Waals surface area contributed by atoms with Crippen molar-refractivity contribution >= 4 is 5.69 Å². The number of nitrogens with one attached hydrogen (secondary N) is 1. The Balaban J connectivity index is 1.70. The van der Waals surface area contributed by atoms with E-state index in [2.05, 4.69) is 5.32 Å². The minimum absolute atomic E-state index is 0.122. The standard InChI is InChI=1S/C15H20N2O3/c18-17(19)13-8-6-11(7-9-13)15-16-14-5-3-1-2-4-12(14)10-20-15/h6-9,12,14-16H,1-5,10H2. The summed E-state index contributed by atoms with van der Waals surface area (Å²) in [4.78, 5) is 10.3. The number of nitro groups is 1. The molecule has 1 saturated carbocycles. The molecular weight excluding hydrogens is 256 g/mol. The Labute approximate surface area is 118 Å². The van der Waals surface area contributed by atoms with Crippen LogP contribution in [0.15, 0.2) is 24.3 Å². The van der Waals surface area contributed by atoms with E-state index in [0.717, 1.165) is 12.2 Å². The molecule has 1 N–H and O–H groups in total. The van der Waals surface area contributed by atoms with Crippen molar-refractivity contribution in [3.8, 4) is 0 Å². The Morgan fingerprint density at radius 3 is 2.65 bits per heavy atom. The molecule has 0 radical (unpaired) electrons. The van der Waals surface area contributed by atoms with E-state index in [1.807, 2.05) is 0 Å². The summed E-state index contributed by atoms with van der Waals surface area (Å²) in [5.41, 5.74) is 1.09. The van der Waals surface area contributed by atoms with Gasteiger partial charge < -0.3 is 4.74 Å². The first kappa shape index (κ1) is 13.5. The first-order valence-corrected chi connectivity index (χ1v) is 7.36. The minimum atomic E-state index is -0.375. The number of benzene rings is 1. The van der Waals surface area contributed by atoms with Gasteiger partial charge in [-0.3, -0.25) is 15.4 Å². The van der Waals surface area contributed by atoms with Crippen LogP contribution in [0, 0.1) is 16.0 Å². The third-order valence-electron chi connectivity index (χ3n) is 4.41. The lowest BCUT2D eigenvalue weighted by Gasteiger charge is -2.37. The first-order chi connectivity index (χ1) is 9.74. The Bertz CT molecular complexity index is 475. The van der Waals surface area contributed by atoms with E-state index in [1.165, 1.54) is 32.1 Å². The number of rotatable bonds is 2. The van der Waals surface area contributed by atoms with Gasteiger partial charge in [-0.05, 0) is 36.5 Å². The monoisotopic (exact) mass is 276 g/mol. The predicted molar refractivity (Wildman–Crippen MR) is 75.3 cm³/mol. The van der Waals surface area contributed by atoms with Crippen LogP contribution in [0.2, 0.25) is 0 Å². The van der Waals surface area contributed by atoms with Crippen molar-refractivity contribution in [1.82, 2.24) is 5.32 Å². The highest BCUT2D eigenvalue weighted by Crippen LogP contribution is 2.31. The molecule has 0 spiro atoms.